The van der Waals surface area contributed by atoms with Gasteiger partial charge in [-0.3, -0.25) is 9.59 Å². The highest BCUT2D eigenvalue weighted by atomic mass is 16.4. The van der Waals surface area contributed by atoms with Crippen molar-refractivity contribution in [2.24, 2.45) is 11.7 Å². The molecule has 0 radical (unpaired) electrons. The molecule has 1 aliphatic carbocycles. The van der Waals surface area contributed by atoms with Crippen molar-refractivity contribution < 1.29 is 14.7 Å². The summed E-state index contributed by atoms with van der Waals surface area (Å²) in [6.07, 6.45) is 4.25. The Morgan fingerprint density at radius 1 is 1.24 bits per heavy atom. The smallest absolute Gasteiger partial charge is 0.308 e. The lowest BCUT2D eigenvalue weighted by Crippen LogP contribution is -2.54. The van der Waals surface area contributed by atoms with Crippen LogP contribution in [0.1, 0.15) is 46.0 Å². The van der Waals surface area contributed by atoms with Gasteiger partial charge in [-0.1, -0.05) is 19.3 Å². The third-order valence-corrected chi connectivity index (χ3v) is 3.23. The van der Waals surface area contributed by atoms with Crippen LogP contribution in [0.4, 0.5) is 0 Å². The van der Waals surface area contributed by atoms with Crippen molar-refractivity contribution in [3.05, 3.63) is 0 Å². The summed E-state index contributed by atoms with van der Waals surface area (Å²) in [5, 5.41) is 12.0. The van der Waals surface area contributed by atoms with Gasteiger partial charge in [0.05, 0.1) is 11.5 Å². The monoisotopic (exact) mass is 242 g/mol. The predicted octanol–water partition coefficient (Wildman–Crippen LogP) is 0.873. The number of hydrogen-bond donors (Lipinski definition) is 3. The molecule has 0 aromatic carbocycles. The number of hydrogen-bond acceptors (Lipinski definition) is 3. The third-order valence-electron chi connectivity index (χ3n) is 3.23. The molecule has 5 heteroatoms. The molecule has 0 bridgehead atoms. The van der Waals surface area contributed by atoms with E-state index in [1.165, 1.54) is 0 Å². The molecule has 0 spiro atoms. The molecule has 98 valence electrons. The first kappa shape index (κ1) is 14.0. The highest BCUT2D eigenvalue weighted by molar-refractivity contribution is 5.86. The van der Waals surface area contributed by atoms with Crippen LogP contribution in [0.5, 0.6) is 0 Å². The molecule has 0 aromatic heterocycles. The zero-order valence-corrected chi connectivity index (χ0v) is 10.5. The fraction of sp³-hybridized carbons (Fsp3) is 0.833. The molecule has 0 saturated heterocycles. The van der Waals surface area contributed by atoms with E-state index in [0.717, 1.165) is 25.7 Å². The van der Waals surface area contributed by atoms with Gasteiger partial charge >= 0.3 is 5.97 Å². The molecule has 1 aliphatic rings. The largest absolute Gasteiger partial charge is 0.481 e. The SMILES string of the molecule is CC(C)(N)C(=O)NC1CCCCCC1C(=O)O. The van der Waals surface area contributed by atoms with Gasteiger partial charge in [-0.2, -0.15) is 0 Å². The Labute approximate surface area is 102 Å². The molecule has 4 N–H and O–H groups in total. The number of carboxylic acids is 1. The van der Waals surface area contributed by atoms with Crippen molar-refractivity contribution in [2.75, 3.05) is 0 Å². The molecule has 1 saturated carbocycles. The summed E-state index contributed by atoms with van der Waals surface area (Å²) in [6.45, 7) is 3.24. The molecule has 0 heterocycles. The number of rotatable bonds is 3. The maximum atomic E-state index is 11.8. The molecule has 1 rings (SSSR count). The summed E-state index contributed by atoms with van der Waals surface area (Å²) >= 11 is 0. The minimum atomic E-state index is -0.963. The average molecular weight is 242 g/mol. The van der Waals surface area contributed by atoms with Crippen molar-refractivity contribution in [1.82, 2.24) is 5.32 Å². The maximum absolute atomic E-state index is 11.8. The Balaban J connectivity index is 2.70. The molecule has 0 aromatic rings. The van der Waals surface area contributed by atoms with Crippen molar-refractivity contribution >= 4 is 11.9 Å². The van der Waals surface area contributed by atoms with Crippen molar-refractivity contribution in [2.45, 2.75) is 57.5 Å². The fourth-order valence-electron chi connectivity index (χ4n) is 2.13. The maximum Gasteiger partial charge on any atom is 0.308 e. The van der Waals surface area contributed by atoms with Gasteiger partial charge in [-0.05, 0) is 26.7 Å². The van der Waals surface area contributed by atoms with E-state index in [4.69, 9.17) is 10.8 Å². The third kappa shape index (κ3) is 4.00. The first-order valence-electron chi connectivity index (χ1n) is 6.15. The summed E-state index contributed by atoms with van der Waals surface area (Å²) in [4.78, 5) is 23.0. The van der Waals surface area contributed by atoms with Crippen LogP contribution in [-0.4, -0.2) is 28.6 Å². The van der Waals surface area contributed by atoms with E-state index in [-0.39, 0.29) is 11.9 Å². The van der Waals surface area contributed by atoms with E-state index in [1.807, 2.05) is 0 Å². The Morgan fingerprint density at radius 3 is 2.35 bits per heavy atom. The van der Waals surface area contributed by atoms with Gasteiger partial charge in [0.25, 0.3) is 0 Å². The van der Waals surface area contributed by atoms with Crippen LogP contribution in [0.15, 0.2) is 0 Å². The van der Waals surface area contributed by atoms with E-state index in [2.05, 4.69) is 5.32 Å². The lowest BCUT2D eigenvalue weighted by atomic mass is 9.93. The van der Waals surface area contributed by atoms with Gasteiger partial charge in [-0.25, -0.2) is 0 Å². The fourth-order valence-corrected chi connectivity index (χ4v) is 2.13. The molecule has 0 aliphatic heterocycles. The summed E-state index contributed by atoms with van der Waals surface area (Å²) < 4.78 is 0. The van der Waals surface area contributed by atoms with Gasteiger partial charge < -0.3 is 16.2 Å². The first-order chi connectivity index (χ1) is 7.82. The normalized spacial score (nSPS) is 26.1. The number of amides is 1. The summed E-state index contributed by atoms with van der Waals surface area (Å²) in [5.41, 5.74) is 4.73. The van der Waals surface area contributed by atoms with E-state index >= 15 is 0 Å². The van der Waals surface area contributed by atoms with Crippen LogP contribution in [0.2, 0.25) is 0 Å². The van der Waals surface area contributed by atoms with Crippen molar-refractivity contribution in [1.29, 1.82) is 0 Å². The van der Waals surface area contributed by atoms with Crippen molar-refractivity contribution in [3.63, 3.8) is 0 Å². The molecule has 5 nitrogen and oxygen atoms in total. The van der Waals surface area contributed by atoms with Gasteiger partial charge in [0.2, 0.25) is 5.91 Å². The lowest BCUT2D eigenvalue weighted by Gasteiger charge is -2.27. The van der Waals surface area contributed by atoms with Crippen LogP contribution in [0, 0.1) is 5.92 Å². The van der Waals surface area contributed by atoms with Crippen LogP contribution >= 0.6 is 0 Å². The molecule has 1 fully saturated rings. The number of carbonyl (C=O) groups is 2. The molecular weight excluding hydrogens is 220 g/mol. The van der Waals surface area contributed by atoms with Crippen LogP contribution in [0.25, 0.3) is 0 Å². The van der Waals surface area contributed by atoms with Gasteiger partial charge in [-0.15, -0.1) is 0 Å². The van der Waals surface area contributed by atoms with Gasteiger partial charge in [0.1, 0.15) is 0 Å². The molecular formula is C12H22N2O3. The second-order valence-corrected chi connectivity index (χ2v) is 5.38. The number of nitrogens with one attached hydrogen (secondary N) is 1. The Morgan fingerprint density at radius 2 is 1.82 bits per heavy atom. The molecule has 2 atom stereocenters. The zero-order chi connectivity index (χ0) is 13.1. The molecule has 2 unspecified atom stereocenters. The second kappa shape index (κ2) is 5.49. The molecule has 1 amide bonds. The number of aliphatic carboxylic acids is 1. The zero-order valence-electron chi connectivity index (χ0n) is 10.5. The minimum Gasteiger partial charge on any atom is -0.481 e. The Bertz CT molecular complexity index is 297. The average Bonchev–Trinajstić information content (AvgIpc) is 2.41. The van der Waals surface area contributed by atoms with Crippen molar-refractivity contribution in [3.8, 4) is 0 Å². The second-order valence-electron chi connectivity index (χ2n) is 5.38. The quantitative estimate of drug-likeness (QED) is 0.640. The Kier molecular flexibility index (Phi) is 4.51. The number of nitrogens with two attached hydrogens (primary N) is 1. The van der Waals surface area contributed by atoms with Gasteiger partial charge in [0.15, 0.2) is 0 Å². The van der Waals surface area contributed by atoms with E-state index in [0.29, 0.717) is 6.42 Å². The summed E-state index contributed by atoms with van der Waals surface area (Å²) in [5.74, 6) is -1.59. The Hall–Kier alpha value is -1.10. The number of carbonyl (C=O) groups excluding carboxylic acids is 1. The highest BCUT2D eigenvalue weighted by Crippen LogP contribution is 2.24. The highest BCUT2D eigenvalue weighted by Gasteiger charge is 2.33. The van der Waals surface area contributed by atoms with Gasteiger partial charge in [0, 0.05) is 6.04 Å². The van der Waals surface area contributed by atoms with Crippen LogP contribution in [-0.2, 0) is 9.59 Å². The van der Waals surface area contributed by atoms with E-state index in [9.17, 15) is 9.59 Å². The van der Waals surface area contributed by atoms with Crippen LogP contribution < -0.4 is 11.1 Å². The summed E-state index contributed by atoms with van der Waals surface area (Å²) in [7, 11) is 0. The minimum absolute atomic E-state index is 0.282. The topological polar surface area (TPSA) is 92.4 Å². The number of carboxylic acid groups (broad SMARTS) is 1. The standard InChI is InChI=1S/C12H22N2O3/c1-12(2,13)11(17)14-9-7-5-3-4-6-8(9)10(15)16/h8-9H,3-7,13H2,1-2H3,(H,14,17)(H,15,16). The van der Waals surface area contributed by atoms with Crippen LogP contribution in [0.3, 0.4) is 0 Å². The van der Waals surface area contributed by atoms with E-state index < -0.39 is 17.4 Å². The first-order valence-corrected chi connectivity index (χ1v) is 6.15. The molecule has 17 heavy (non-hydrogen) atoms. The summed E-state index contributed by atoms with van der Waals surface area (Å²) in [6, 6.07) is -0.287. The lowest BCUT2D eigenvalue weighted by molar-refractivity contribution is -0.143. The van der Waals surface area contributed by atoms with E-state index in [1.54, 1.807) is 13.8 Å². The predicted molar refractivity (Wildman–Crippen MR) is 64.4 cm³/mol.